The van der Waals surface area contributed by atoms with E-state index in [0.717, 1.165) is 68.3 Å². The first-order chi connectivity index (χ1) is 13.6. The molecular weight excluding hydrogens is 372 g/mol. The number of thiophene rings is 1. The molecule has 1 N–H and O–H groups in total. The number of hydrogen-bond acceptors (Lipinski definition) is 6. The summed E-state index contributed by atoms with van der Waals surface area (Å²) in [5, 5.41) is 3.18. The number of carbonyl (C=O) groups excluding carboxylic acids is 1. The predicted molar refractivity (Wildman–Crippen MR) is 109 cm³/mol. The Labute approximate surface area is 169 Å². The molecule has 0 bridgehead atoms. The van der Waals surface area contributed by atoms with E-state index in [0.29, 0.717) is 6.04 Å². The molecule has 28 heavy (non-hydrogen) atoms. The Balaban J connectivity index is 1.34. The molecule has 0 aromatic carbocycles. The molecule has 0 radical (unpaired) electrons. The van der Waals surface area contributed by atoms with E-state index in [1.807, 2.05) is 19.2 Å². The molecule has 0 atom stereocenters. The van der Waals surface area contributed by atoms with Gasteiger partial charge in [0.25, 0.3) is 5.91 Å². The zero-order chi connectivity index (χ0) is 19.1. The van der Waals surface area contributed by atoms with Gasteiger partial charge in [-0.15, -0.1) is 11.3 Å². The molecule has 1 saturated heterocycles. The molecule has 2 aromatic heterocycles. The minimum atomic E-state index is -0.244. The Morgan fingerprint density at radius 1 is 1.36 bits per heavy atom. The van der Waals surface area contributed by atoms with Crippen molar-refractivity contribution in [1.29, 1.82) is 0 Å². The lowest BCUT2D eigenvalue weighted by Crippen LogP contribution is -2.46. The van der Waals surface area contributed by atoms with E-state index >= 15 is 0 Å². The van der Waals surface area contributed by atoms with Crippen LogP contribution in [0.5, 0.6) is 0 Å². The summed E-state index contributed by atoms with van der Waals surface area (Å²) >= 11 is 1.64. The first-order valence-corrected chi connectivity index (χ1v) is 11.1. The fourth-order valence-corrected chi connectivity index (χ4v) is 5.75. The van der Waals surface area contributed by atoms with Crippen molar-refractivity contribution in [2.45, 2.75) is 57.1 Å². The number of fused-ring (bicyclic) bond motifs is 2. The monoisotopic (exact) mass is 398 g/mol. The Kier molecular flexibility index (Phi) is 4.59. The molecule has 0 unspecified atom stereocenters. The minimum Gasteiger partial charge on any atom is -0.369 e. The molecule has 6 nitrogen and oxygen atoms in total. The highest BCUT2D eigenvalue weighted by Gasteiger charge is 2.43. The van der Waals surface area contributed by atoms with Gasteiger partial charge in [0.1, 0.15) is 17.2 Å². The number of aromatic nitrogens is 2. The third-order valence-corrected chi connectivity index (χ3v) is 7.65. The zero-order valence-corrected chi connectivity index (χ0v) is 17.1. The summed E-state index contributed by atoms with van der Waals surface area (Å²) in [5.74, 6) is 1.88. The number of nitrogens with one attached hydrogen (secondary N) is 1. The van der Waals surface area contributed by atoms with Crippen LogP contribution in [0.25, 0.3) is 0 Å². The summed E-state index contributed by atoms with van der Waals surface area (Å²) in [5.41, 5.74) is 1.06. The molecule has 4 heterocycles. The number of nitrogens with zero attached hydrogens (tertiary/aromatic N) is 3. The van der Waals surface area contributed by atoms with Crippen LogP contribution < -0.4 is 10.2 Å². The van der Waals surface area contributed by atoms with E-state index in [4.69, 9.17) is 4.74 Å². The van der Waals surface area contributed by atoms with E-state index in [1.165, 1.54) is 16.9 Å². The van der Waals surface area contributed by atoms with Gasteiger partial charge in [-0.3, -0.25) is 4.79 Å². The number of piperidine rings is 1. The molecule has 3 aliphatic rings. The molecule has 1 amide bonds. The molecule has 2 aromatic rings. The van der Waals surface area contributed by atoms with Crippen LogP contribution >= 0.6 is 11.3 Å². The second kappa shape index (κ2) is 7.12. The SMILES string of the molecule is Cc1nccc(N2CCC3(CC2)OCCc2cc(C(=O)NC4CCC4)sc23)n1. The number of amides is 1. The van der Waals surface area contributed by atoms with Crippen molar-refractivity contribution in [3.63, 3.8) is 0 Å². The summed E-state index contributed by atoms with van der Waals surface area (Å²) in [6.07, 6.45) is 8.03. The normalized spacial score (nSPS) is 21.2. The number of anilines is 1. The molecule has 7 heteroatoms. The lowest BCUT2D eigenvalue weighted by Gasteiger charge is -2.44. The lowest BCUT2D eigenvalue weighted by molar-refractivity contribution is -0.0735. The fraction of sp³-hybridized carbons (Fsp3) is 0.571. The van der Waals surface area contributed by atoms with Crippen LogP contribution in [0.2, 0.25) is 0 Å². The Morgan fingerprint density at radius 3 is 2.89 bits per heavy atom. The van der Waals surface area contributed by atoms with Crippen molar-refractivity contribution in [1.82, 2.24) is 15.3 Å². The number of ether oxygens (including phenoxy) is 1. The number of aryl methyl sites for hydroxylation is 1. The van der Waals surface area contributed by atoms with Gasteiger partial charge in [0.15, 0.2) is 0 Å². The highest BCUT2D eigenvalue weighted by Crippen LogP contribution is 2.46. The van der Waals surface area contributed by atoms with Crippen molar-refractivity contribution in [3.8, 4) is 0 Å². The van der Waals surface area contributed by atoms with E-state index in [9.17, 15) is 4.79 Å². The van der Waals surface area contributed by atoms with Gasteiger partial charge < -0.3 is 15.0 Å². The van der Waals surface area contributed by atoms with Crippen LogP contribution in [0.4, 0.5) is 5.82 Å². The van der Waals surface area contributed by atoms with Crippen LogP contribution in [0.15, 0.2) is 18.3 Å². The van der Waals surface area contributed by atoms with E-state index in [2.05, 4.69) is 26.3 Å². The number of carbonyl (C=O) groups is 1. The zero-order valence-electron chi connectivity index (χ0n) is 16.2. The predicted octanol–water partition coefficient (Wildman–Crippen LogP) is 3.20. The van der Waals surface area contributed by atoms with Crippen LogP contribution in [-0.4, -0.2) is 41.6 Å². The van der Waals surface area contributed by atoms with Crippen molar-refractivity contribution in [3.05, 3.63) is 39.5 Å². The van der Waals surface area contributed by atoms with Gasteiger partial charge in [-0.2, -0.15) is 0 Å². The largest absolute Gasteiger partial charge is 0.369 e. The molecule has 2 aliphatic heterocycles. The third kappa shape index (κ3) is 3.20. The highest BCUT2D eigenvalue weighted by molar-refractivity contribution is 7.14. The average Bonchev–Trinajstić information content (AvgIpc) is 3.11. The standard InChI is InChI=1S/C21H26N4O2S/c1-14-22-9-5-18(23-14)25-10-7-21(8-11-25)19-15(6-12-27-21)13-17(28-19)20(26)24-16-3-2-4-16/h5,9,13,16H,2-4,6-8,10-12H2,1H3,(H,24,26). The first kappa shape index (κ1) is 18.1. The molecule has 2 fully saturated rings. The quantitative estimate of drug-likeness (QED) is 0.860. The van der Waals surface area contributed by atoms with Gasteiger partial charge in [-0.05, 0) is 63.1 Å². The minimum absolute atomic E-state index is 0.0909. The van der Waals surface area contributed by atoms with Crippen molar-refractivity contribution in [2.75, 3.05) is 24.6 Å². The van der Waals surface area contributed by atoms with Crippen LogP contribution in [0.1, 0.15) is 58.0 Å². The van der Waals surface area contributed by atoms with Crippen LogP contribution in [-0.2, 0) is 16.8 Å². The second-order valence-electron chi connectivity index (χ2n) is 8.11. The van der Waals surface area contributed by atoms with Gasteiger partial charge in [-0.1, -0.05) is 0 Å². The molecule has 1 saturated carbocycles. The van der Waals surface area contributed by atoms with Gasteiger partial charge in [-0.25, -0.2) is 9.97 Å². The van der Waals surface area contributed by atoms with E-state index < -0.39 is 0 Å². The number of hydrogen-bond donors (Lipinski definition) is 1. The van der Waals surface area contributed by atoms with Crippen LogP contribution in [0, 0.1) is 6.92 Å². The van der Waals surface area contributed by atoms with Crippen molar-refractivity contribution < 1.29 is 9.53 Å². The van der Waals surface area contributed by atoms with E-state index in [-0.39, 0.29) is 11.5 Å². The molecule has 1 spiro atoms. The molecule has 148 valence electrons. The van der Waals surface area contributed by atoms with Crippen LogP contribution in [0.3, 0.4) is 0 Å². The average molecular weight is 399 g/mol. The Hall–Kier alpha value is -1.99. The van der Waals surface area contributed by atoms with Gasteiger partial charge in [0, 0.05) is 30.2 Å². The maximum atomic E-state index is 12.6. The maximum Gasteiger partial charge on any atom is 0.261 e. The number of rotatable bonds is 3. The maximum absolute atomic E-state index is 12.6. The summed E-state index contributed by atoms with van der Waals surface area (Å²) in [4.78, 5) is 25.8. The highest BCUT2D eigenvalue weighted by atomic mass is 32.1. The summed E-state index contributed by atoms with van der Waals surface area (Å²) in [6, 6.07) is 4.46. The second-order valence-corrected chi connectivity index (χ2v) is 9.16. The summed E-state index contributed by atoms with van der Waals surface area (Å²) in [7, 11) is 0. The van der Waals surface area contributed by atoms with Gasteiger partial charge >= 0.3 is 0 Å². The summed E-state index contributed by atoms with van der Waals surface area (Å²) in [6.45, 7) is 4.46. The topological polar surface area (TPSA) is 67.4 Å². The lowest BCUT2D eigenvalue weighted by atomic mass is 9.85. The van der Waals surface area contributed by atoms with E-state index in [1.54, 1.807) is 11.3 Å². The molecular formula is C21H26N4O2S. The summed E-state index contributed by atoms with van der Waals surface area (Å²) < 4.78 is 6.37. The molecule has 5 rings (SSSR count). The molecule has 1 aliphatic carbocycles. The Bertz CT molecular complexity index is 884. The third-order valence-electron chi connectivity index (χ3n) is 6.29. The first-order valence-electron chi connectivity index (χ1n) is 10.3. The Morgan fingerprint density at radius 2 is 2.18 bits per heavy atom. The van der Waals surface area contributed by atoms with Crippen molar-refractivity contribution in [2.24, 2.45) is 0 Å². The fourth-order valence-electron chi connectivity index (χ4n) is 4.43. The van der Waals surface area contributed by atoms with Gasteiger partial charge in [0.2, 0.25) is 0 Å². The smallest absolute Gasteiger partial charge is 0.261 e. The van der Waals surface area contributed by atoms with Gasteiger partial charge in [0.05, 0.1) is 11.5 Å². The van der Waals surface area contributed by atoms with Crippen molar-refractivity contribution >= 4 is 23.1 Å².